The monoisotopic (exact) mass is 443 g/mol. The second-order valence-electron chi connectivity index (χ2n) is 7.61. The number of para-hydroxylation sites is 1. The zero-order chi connectivity index (χ0) is 22.1. The van der Waals surface area contributed by atoms with Crippen molar-refractivity contribution in [1.82, 2.24) is 19.5 Å². The number of aryl methyl sites for hydroxylation is 1. The van der Waals surface area contributed by atoms with Crippen molar-refractivity contribution in [1.29, 1.82) is 0 Å². The summed E-state index contributed by atoms with van der Waals surface area (Å²) in [7, 11) is 1.32. The minimum Gasteiger partial charge on any atom is -0.343 e. The quantitative estimate of drug-likeness (QED) is 0.630. The Morgan fingerprint density at radius 3 is 2.84 bits per heavy atom. The van der Waals surface area contributed by atoms with Gasteiger partial charge < -0.3 is 9.88 Å². The first-order valence-electron chi connectivity index (χ1n) is 10.1. The molecular formula is C21H25N5O4S. The summed E-state index contributed by atoms with van der Waals surface area (Å²) < 4.78 is 20.7. The summed E-state index contributed by atoms with van der Waals surface area (Å²) in [4.78, 5) is 31.1. The van der Waals surface area contributed by atoms with Crippen LogP contribution in [0.25, 0.3) is 5.65 Å². The van der Waals surface area contributed by atoms with Gasteiger partial charge in [0.05, 0.1) is 30.1 Å². The third-order valence-electron chi connectivity index (χ3n) is 5.73. The van der Waals surface area contributed by atoms with E-state index < -0.39 is 11.3 Å². The van der Waals surface area contributed by atoms with Crippen LogP contribution in [-0.4, -0.2) is 43.3 Å². The topological polar surface area (TPSA) is 109 Å². The van der Waals surface area contributed by atoms with Gasteiger partial charge in [0.25, 0.3) is 22.7 Å². The Morgan fingerprint density at radius 2 is 2.06 bits per heavy atom. The first-order chi connectivity index (χ1) is 14.9. The summed E-state index contributed by atoms with van der Waals surface area (Å²) >= 11 is -1.75. The molecule has 10 heteroatoms. The highest BCUT2D eigenvalue weighted by Crippen LogP contribution is 2.33. The molecule has 1 aromatic carbocycles. The lowest BCUT2D eigenvalue weighted by atomic mass is 9.98. The van der Waals surface area contributed by atoms with Gasteiger partial charge in [-0.15, -0.1) is 0 Å². The molecule has 1 fully saturated rings. The van der Waals surface area contributed by atoms with Gasteiger partial charge >= 0.3 is 0 Å². The van der Waals surface area contributed by atoms with Crippen LogP contribution in [0.3, 0.4) is 0 Å². The average Bonchev–Trinajstić information content (AvgIpc) is 3.21. The molecule has 1 saturated heterocycles. The number of fused-ring (bicyclic) bond motifs is 1. The van der Waals surface area contributed by atoms with Crippen LogP contribution in [0.15, 0.2) is 35.1 Å². The first-order valence-corrected chi connectivity index (χ1v) is 11.2. The van der Waals surface area contributed by atoms with Gasteiger partial charge in [-0.25, -0.2) is 4.21 Å². The Labute approximate surface area is 182 Å². The van der Waals surface area contributed by atoms with Gasteiger partial charge in [0, 0.05) is 23.9 Å². The molecule has 0 radical (unpaired) electrons. The predicted octanol–water partition coefficient (Wildman–Crippen LogP) is 2.64. The van der Waals surface area contributed by atoms with Gasteiger partial charge in [0.15, 0.2) is 0 Å². The number of hydrogen-bond acceptors (Lipinski definition) is 5. The third kappa shape index (κ3) is 4.00. The molecule has 0 aliphatic carbocycles. The highest BCUT2D eigenvalue weighted by molar-refractivity contribution is 7.81. The zero-order valence-corrected chi connectivity index (χ0v) is 18.5. The molecule has 2 atom stereocenters. The standard InChI is InChI=1S/C21H25N5O4S/c1-13-14(2)22-19-12-17(23-26(19)20(13)27)18-10-6-7-11-25(18)21(28)15-8-4-5-9-16(15)24-31(29)30-3/h4-5,8-9,12,18,22,24H,6-7,10-11H2,1-3H3/t18-,31?/m0/s1. The second kappa shape index (κ2) is 8.64. The summed E-state index contributed by atoms with van der Waals surface area (Å²) in [5.74, 6) is -0.184. The number of aromatic amines is 1. The third-order valence-corrected chi connectivity index (χ3v) is 6.42. The molecule has 1 aliphatic heterocycles. The number of carbonyl (C=O) groups is 1. The molecule has 2 aromatic heterocycles. The molecule has 0 bridgehead atoms. The van der Waals surface area contributed by atoms with Crippen LogP contribution in [0.4, 0.5) is 5.69 Å². The van der Waals surface area contributed by atoms with Crippen molar-refractivity contribution in [2.24, 2.45) is 0 Å². The van der Waals surface area contributed by atoms with Gasteiger partial charge in [-0.2, -0.15) is 9.61 Å². The van der Waals surface area contributed by atoms with Crippen molar-refractivity contribution in [3.8, 4) is 0 Å². The van der Waals surface area contributed by atoms with Gasteiger partial charge in [-0.1, -0.05) is 12.1 Å². The summed E-state index contributed by atoms with van der Waals surface area (Å²) in [6.45, 7) is 4.19. The SMILES string of the molecule is COS(=O)Nc1ccccc1C(=O)N1CCCC[C@H]1c1cc2[nH]c(C)c(C)c(=O)n2n1. The van der Waals surface area contributed by atoms with Gasteiger partial charge in [0.1, 0.15) is 5.65 Å². The predicted molar refractivity (Wildman–Crippen MR) is 118 cm³/mol. The van der Waals surface area contributed by atoms with Crippen LogP contribution >= 0.6 is 0 Å². The molecule has 1 unspecified atom stereocenters. The summed E-state index contributed by atoms with van der Waals surface area (Å²) in [6.07, 6.45) is 2.59. The maximum atomic E-state index is 13.5. The van der Waals surface area contributed by atoms with Crippen LogP contribution in [0.1, 0.15) is 52.6 Å². The van der Waals surface area contributed by atoms with Crippen LogP contribution < -0.4 is 10.3 Å². The molecule has 9 nitrogen and oxygen atoms in total. The van der Waals surface area contributed by atoms with Crippen molar-refractivity contribution in [2.75, 3.05) is 18.4 Å². The van der Waals surface area contributed by atoms with Crippen LogP contribution in [0.5, 0.6) is 0 Å². The number of likely N-dealkylation sites (tertiary alicyclic amines) is 1. The fraction of sp³-hybridized carbons (Fsp3) is 0.381. The molecule has 0 spiro atoms. The molecule has 3 heterocycles. The van der Waals surface area contributed by atoms with E-state index in [0.717, 1.165) is 25.0 Å². The summed E-state index contributed by atoms with van der Waals surface area (Å²) in [5, 5.41) is 4.54. The minimum atomic E-state index is -1.75. The van der Waals surface area contributed by atoms with E-state index in [4.69, 9.17) is 4.18 Å². The molecule has 3 aromatic rings. The first kappa shape index (κ1) is 21.3. The van der Waals surface area contributed by atoms with Gasteiger partial charge in [-0.3, -0.25) is 18.5 Å². The minimum absolute atomic E-state index is 0.164. The van der Waals surface area contributed by atoms with Gasteiger partial charge in [-0.05, 0) is 45.2 Å². The number of anilines is 1. The van der Waals surface area contributed by atoms with E-state index in [2.05, 4.69) is 14.8 Å². The Bertz CT molecular complexity index is 1220. The largest absolute Gasteiger partial charge is 0.343 e. The molecule has 1 aliphatic rings. The van der Waals surface area contributed by atoms with E-state index in [1.807, 2.05) is 13.0 Å². The van der Waals surface area contributed by atoms with E-state index in [-0.39, 0.29) is 17.5 Å². The van der Waals surface area contributed by atoms with E-state index in [1.54, 1.807) is 36.1 Å². The maximum absolute atomic E-state index is 13.5. The number of rotatable bonds is 5. The molecule has 4 rings (SSSR count). The van der Waals surface area contributed by atoms with Crippen molar-refractivity contribution in [2.45, 2.75) is 39.2 Å². The van der Waals surface area contributed by atoms with E-state index >= 15 is 0 Å². The molecular weight excluding hydrogens is 418 g/mol. The smallest absolute Gasteiger partial charge is 0.277 e. The number of aromatic nitrogens is 3. The van der Waals surface area contributed by atoms with E-state index in [1.165, 1.54) is 11.6 Å². The van der Waals surface area contributed by atoms with E-state index in [9.17, 15) is 13.8 Å². The highest BCUT2D eigenvalue weighted by Gasteiger charge is 2.32. The Morgan fingerprint density at radius 1 is 1.29 bits per heavy atom. The lowest BCUT2D eigenvalue weighted by Crippen LogP contribution is -2.39. The lowest BCUT2D eigenvalue weighted by molar-refractivity contribution is 0.0607. The molecule has 31 heavy (non-hydrogen) atoms. The Kier molecular flexibility index (Phi) is 5.92. The zero-order valence-electron chi connectivity index (χ0n) is 17.7. The molecule has 2 N–H and O–H groups in total. The molecule has 1 amide bonds. The fourth-order valence-electron chi connectivity index (χ4n) is 3.94. The molecule has 164 valence electrons. The Balaban J connectivity index is 1.71. The van der Waals surface area contributed by atoms with Crippen molar-refractivity contribution < 1.29 is 13.2 Å². The fourth-order valence-corrected chi connectivity index (χ4v) is 4.38. The van der Waals surface area contributed by atoms with Crippen LogP contribution in [-0.2, 0) is 15.4 Å². The number of benzene rings is 1. The molecule has 0 saturated carbocycles. The number of hydrogen-bond donors (Lipinski definition) is 2. The number of amides is 1. The van der Waals surface area contributed by atoms with E-state index in [0.29, 0.717) is 34.7 Å². The number of carbonyl (C=O) groups excluding carboxylic acids is 1. The normalized spacial score (nSPS) is 17.6. The summed E-state index contributed by atoms with van der Waals surface area (Å²) in [6, 6.07) is 8.51. The number of nitrogens with one attached hydrogen (secondary N) is 2. The lowest BCUT2D eigenvalue weighted by Gasteiger charge is -2.35. The second-order valence-corrected chi connectivity index (χ2v) is 8.61. The maximum Gasteiger partial charge on any atom is 0.277 e. The summed E-state index contributed by atoms with van der Waals surface area (Å²) in [5.41, 5.74) is 3.38. The van der Waals surface area contributed by atoms with Crippen molar-refractivity contribution in [3.63, 3.8) is 0 Å². The van der Waals surface area contributed by atoms with Crippen molar-refractivity contribution in [3.05, 3.63) is 63.2 Å². The number of H-pyrrole nitrogens is 1. The average molecular weight is 444 g/mol. The van der Waals surface area contributed by atoms with Crippen molar-refractivity contribution >= 4 is 28.5 Å². The highest BCUT2D eigenvalue weighted by atomic mass is 32.2. The number of piperidine rings is 1. The number of nitrogens with zero attached hydrogens (tertiary/aromatic N) is 3. The van der Waals surface area contributed by atoms with Gasteiger partial charge in [0.2, 0.25) is 0 Å². The Hall–Kier alpha value is -2.98. The van der Waals surface area contributed by atoms with Crippen LogP contribution in [0.2, 0.25) is 0 Å². The van der Waals surface area contributed by atoms with Crippen LogP contribution in [0, 0.1) is 13.8 Å².